The van der Waals surface area contributed by atoms with Gasteiger partial charge in [-0.1, -0.05) is 6.07 Å². The Morgan fingerprint density at radius 1 is 1.35 bits per heavy atom. The van der Waals surface area contributed by atoms with Crippen LogP contribution in [0.25, 0.3) is 0 Å². The Kier molecular flexibility index (Phi) is 5.59. The Morgan fingerprint density at radius 3 is 3.00 bits per heavy atom. The molecule has 3 rings (SSSR count). The van der Waals surface area contributed by atoms with Gasteiger partial charge in [-0.15, -0.1) is 11.3 Å². The van der Waals surface area contributed by atoms with Crippen molar-refractivity contribution in [3.05, 3.63) is 39.5 Å². The number of aromatic nitrogens is 2. The van der Waals surface area contributed by atoms with E-state index in [9.17, 15) is 0 Å². The summed E-state index contributed by atoms with van der Waals surface area (Å²) in [6, 6.07) is 4.48. The fourth-order valence-electron chi connectivity index (χ4n) is 2.79. The number of hydrogen-bond donors (Lipinski definition) is 2. The van der Waals surface area contributed by atoms with Crippen LogP contribution in [0.15, 0.2) is 17.5 Å². The third-order valence-electron chi connectivity index (χ3n) is 3.99. The predicted octanol–water partition coefficient (Wildman–Crippen LogP) is 2.94. The van der Waals surface area contributed by atoms with Crippen molar-refractivity contribution in [3.63, 3.8) is 0 Å². The maximum Gasteiger partial charge on any atom is 0.156 e. The molecule has 1 aliphatic heterocycles. The average Bonchev–Trinajstić information content (AvgIpc) is 2.99. The van der Waals surface area contributed by atoms with Gasteiger partial charge in [0.1, 0.15) is 12.4 Å². The van der Waals surface area contributed by atoms with Gasteiger partial charge in [-0.2, -0.15) is 0 Å². The molecule has 0 unspecified atom stereocenters. The van der Waals surface area contributed by atoms with Crippen molar-refractivity contribution >= 4 is 17.2 Å². The number of nitrogens with zero attached hydrogens (tertiary/aromatic N) is 2. The van der Waals surface area contributed by atoms with Gasteiger partial charge < -0.3 is 15.4 Å². The first-order valence-corrected chi connectivity index (χ1v) is 9.13. The highest BCUT2D eigenvalue weighted by atomic mass is 32.1. The Labute approximate surface area is 141 Å². The standard InChI is InChI=1S/C17H24N4OS/c1-3-22-11-16-20-14-7-9-18-8-6-13(14)17(21-16)19-12(2)15-5-4-10-23-15/h4-5,10,12,18H,3,6-9,11H2,1-2H3,(H,19,20,21)/t12-/m0/s1. The monoisotopic (exact) mass is 332 g/mol. The van der Waals surface area contributed by atoms with Crippen molar-refractivity contribution < 1.29 is 4.74 Å². The van der Waals surface area contributed by atoms with Crippen LogP contribution in [0.5, 0.6) is 0 Å². The van der Waals surface area contributed by atoms with E-state index in [4.69, 9.17) is 14.7 Å². The molecule has 0 fully saturated rings. The fourth-order valence-corrected chi connectivity index (χ4v) is 3.52. The number of fused-ring (bicyclic) bond motifs is 1. The number of nitrogens with one attached hydrogen (secondary N) is 2. The van der Waals surface area contributed by atoms with E-state index < -0.39 is 0 Å². The summed E-state index contributed by atoms with van der Waals surface area (Å²) in [5.74, 6) is 1.74. The van der Waals surface area contributed by atoms with Crippen LogP contribution >= 0.6 is 11.3 Å². The molecule has 2 aromatic heterocycles. The molecule has 5 nitrogen and oxygen atoms in total. The largest absolute Gasteiger partial charge is 0.374 e. The predicted molar refractivity (Wildman–Crippen MR) is 94.0 cm³/mol. The molecule has 0 radical (unpaired) electrons. The lowest BCUT2D eigenvalue weighted by atomic mass is 10.1. The van der Waals surface area contributed by atoms with Crippen molar-refractivity contribution in [1.82, 2.24) is 15.3 Å². The first-order valence-electron chi connectivity index (χ1n) is 8.25. The fraction of sp³-hybridized carbons (Fsp3) is 0.529. The summed E-state index contributed by atoms with van der Waals surface area (Å²) >= 11 is 1.77. The second-order valence-corrected chi connectivity index (χ2v) is 6.66. The lowest BCUT2D eigenvalue weighted by molar-refractivity contribution is 0.128. The lowest BCUT2D eigenvalue weighted by Gasteiger charge is -2.18. The number of anilines is 1. The highest BCUT2D eigenvalue weighted by Gasteiger charge is 2.18. The van der Waals surface area contributed by atoms with Gasteiger partial charge in [0.25, 0.3) is 0 Å². The van der Waals surface area contributed by atoms with Gasteiger partial charge >= 0.3 is 0 Å². The maximum atomic E-state index is 5.51. The molecule has 0 aliphatic carbocycles. The van der Waals surface area contributed by atoms with E-state index in [0.29, 0.717) is 13.2 Å². The second-order valence-electron chi connectivity index (χ2n) is 5.68. The summed E-state index contributed by atoms with van der Waals surface area (Å²) in [7, 11) is 0. The zero-order valence-corrected chi connectivity index (χ0v) is 14.6. The minimum atomic E-state index is 0.241. The van der Waals surface area contributed by atoms with Gasteiger partial charge in [-0.3, -0.25) is 0 Å². The third-order valence-corrected chi connectivity index (χ3v) is 5.04. The maximum absolute atomic E-state index is 5.51. The third kappa shape index (κ3) is 4.07. The van der Waals surface area contributed by atoms with Crippen molar-refractivity contribution in [2.45, 2.75) is 39.3 Å². The van der Waals surface area contributed by atoms with E-state index in [1.807, 2.05) is 6.92 Å². The molecule has 124 valence electrons. The van der Waals surface area contributed by atoms with Crippen molar-refractivity contribution in [2.75, 3.05) is 25.0 Å². The topological polar surface area (TPSA) is 59.1 Å². The zero-order chi connectivity index (χ0) is 16.1. The summed E-state index contributed by atoms with van der Waals surface area (Å²) in [5, 5.41) is 9.14. The molecule has 0 aromatic carbocycles. The summed E-state index contributed by atoms with van der Waals surface area (Å²) in [6.45, 7) is 7.26. The molecule has 1 atom stereocenters. The average molecular weight is 332 g/mol. The van der Waals surface area contributed by atoms with Crippen LogP contribution in [-0.2, 0) is 24.2 Å². The van der Waals surface area contributed by atoms with Gasteiger partial charge in [0, 0.05) is 30.0 Å². The van der Waals surface area contributed by atoms with E-state index in [1.54, 1.807) is 11.3 Å². The van der Waals surface area contributed by atoms with Crippen LogP contribution in [0, 0.1) is 0 Å². The molecule has 0 spiro atoms. The summed E-state index contributed by atoms with van der Waals surface area (Å²) in [5.41, 5.74) is 2.40. The zero-order valence-electron chi connectivity index (χ0n) is 13.8. The Balaban J connectivity index is 1.89. The number of rotatable bonds is 6. The summed E-state index contributed by atoms with van der Waals surface area (Å²) in [4.78, 5) is 10.8. The van der Waals surface area contributed by atoms with Crippen LogP contribution in [0.3, 0.4) is 0 Å². The number of ether oxygens (including phenoxy) is 1. The SMILES string of the molecule is CCOCc1nc2c(c(N[C@@H](C)c3cccs3)n1)CCNCC2. The van der Waals surface area contributed by atoms with Gasteiger partial charge in [0.15, 0.2) is 5.82 Å². The molecule has 1 aliphatic rings. The molecule has 0 saturated carbocycles. The molecular weight excluding hydrogens is 308 g/mol. The van der Waals surface area contributed by atoms with Gasteiger partial charge in [-0.25, -0.2) is 9.97 Å². The van der Waals surface area contributed by atoms with E-state index in [2.05, 4.69) is 35.1 Å². The van der Waals surface area contributed by atoms with Crippen molar-refractivity contribution in [3.8, 4) is 0 Å². The van der Waals surface area contributed by atoms with E-state index in [-0.39, 0.29) is 6.04 Å². The lowest BCUT2D eigenvalue weighted by Crippen LogP contribution is -2.16. The molecular formula is C17H24N4OS. The van der Waals surface area contributed by atoms with Gasteiger partial charge in [0.05, 0.1) is 11.7 Å². The molecule has 0 amide bonds. The van der Waals surface area contributed by atoms with Gasteiger partial charge in [-0.05, 0) is 38.3 Å². The number of thiophene rings is 1. The Morgan fingerprint density at radius 2 is 2.22 bits per heavy atom. The van der Waals surface area contributed by atoms with Crippen LogP contribution in [0.1, 0.15) is 41.8 Å². The quantitative estimate of drug-likeness (QED) is 0.852. The molecule has 2 N–H and O–H groups in total. The molecule has 6 heteroatoms. The Hall–Kier alpha value is -1.50. The van der Waals surface area contributed by atoms with Crippen LogP contribution in [-0.4, -0.2) is 29.7 Å². The molecule has 3 heterocycles. The summed E-state index contributed by atoms with van der Waals surface area (Å²) < 4.78 is 5.51. The first kappa shape index (κ1) is 16.4. The molecule has 0 bridgehead atoms. The van der Waals surface area contributed by atoms with E-state index >= 15 is 0 Å². The molecule has 23 heavy (non-hydrogen) atoms. The van der Waals surface area contributed by atoms with Crippen LogP contribution in [0.4, 0.5) is 5.82 Å². The Bertz CT molecular complexity index is 630. The van der Waals surface area contributed by atoms with Crippen molar-refractivity contribution in [2.24, 2.45) is 0 Å². The van der Waals surface area contributed by atoms with E-state index in [1.165, 1.54) is 10.4 Å². The minimum Gasteiger partial charge on any atom is -0.374 e. The first-order chi connectivity index (χ1) is 11.3. The van der Waals surface area contributed by atoms with Crippen LogP contribution < -0.4 is 10.6 Å². The summed E-state index contributed by atoms with van der Waals surface area (Å²) in [6.07, 6.45) is 1.91. The number of hydrogen-bond acceptors (Lipinski definition) is 6. The highest BCUT2D eigenvalue weighted by molar-refractivity contribution is 7.10. The normalized spacial score (nSPS) is 15.7. The minimum absolute atomic E-state index is 0.241. The van der Waals surface area contributed by atoms with E-state index in [0.717, 1.165) is 43.3 Å². The van der Waals surface area contributed by atoms with Gasteiger partial charge in [0.2, 0.25) is 0 Å². The highest BCUT2D eigenvalue weighted by Crippen LogP contribution is 2.26. The smallest absolute Gasteiger partial charge is 0.156 e. The van der Waals surface area contributed by atoms with Crippen LogP contribution in [0.2, 0.25) is 0 Å². The molecule has 2 aromatic rings. The molecule has 0 saturated heterocycles. The second kappa shape index (κ2) is 7.86. The van der Waals surface area contributed by atoms with Crippen molar-refractivity contribution in [1.29, 1.82) is 0 Å².